The molecular formula is C11H6Br2F3N3O. The molecule has 0 spiro atoms. The fourth-order valence-electron chi connectivity index (χ4n) is 1.34. The second kappa shape index (κ2) is 5.96. The van der Waals surface area contributed by atoms with Gasteiger partial charge in [0.15, 0.2) is 5.75 Å². The predicted molar refractivity (Wildman–Crippen MR) is 73.8 cm³/mol. The lowest BCUT2D eigenvalue weighted by Crippen LogP contribution is -2.18. The Kier molecular flexibility index (Phi) is 4.48. The average molecular weight is 413 g/mol. The number of ether oxygens (including phenoxy) is 1. The molecule has 0 saturated heterocycles. The maximum absolute atomic E-state index is 12.4. The number of rotatable bonds is 3. The first-order chi connectivity index (χ1) is 9.35. The van der Waals surface area contributed by atoms with Gasteiger partial charge in [0.1, 0.15) is 12.1 Å². The van der Waals surface area contributed by atoms with Gasteiger partial charge in [-0.25, -0.2) is 9.97 Å². The molecule has 0 aliphatic rings. The van der Waals surface area contributed by atoms with Crippen LogP contribution < -0.4 is 10.1 Å². The number of nitrogens with zero attached hydrogens (tertiary/aromatic N) is 2. The lowest BCUT2D eigenvalue weighted by molar-refractivity contribution is -0.274. The van der Waals surface area contributed by atoms with Crippen LogP contribution in [0.25, 0.3) is 0 Å². The Morgan fingerprint density at radius 2 is 1.95 bits per heavy atom. The van der Waals surface area contributed by atoms with Gasteiger partial charge in [-0.2, -0.15) is 0 Å². The molecule has 0 fully saturated rings. The molecule has 2 rings (SSSR count). The van der Waals surface area contributed by atoms with Gasteiger partial charge in [0, 0.05) is 10.7 Å². The Hall–Kier alpha value is -1.35. The van der Waals surface area contributed by atoms with Crippen LogP contribution in [0, 0.1) is 0 Å². The number of aromatic nitrogens is 2. The number of nitrogens with one attached hydrogen (secondary N) is 1. The highest BCUT2D eigenvalue weighted by atomic mass is 79.9. The monoisotopic (exact) mass is 411 g/mol. The van der Waals surface area contributed by atoms with Crippen molar-refractivity contribution in [1.82, 2.24) is 9.97 Å². The van der Waals surface area contributed by atoms with Crippen molar-refractivity contribution < 1.29 is 17.9 Å². The van der Waals surface area contributed by atoms with Crippen molar-refractivity contribution in [3.63, 3.8) is 0 Å². The van der Waals surface area contributed by atoms with Gasteiger partial charge >= 0.3 is 6.36 Å². The minimum Gasteiger partial charge on any atom is -0.404 e. The van der Waals surface area contributed by atoms with Gasteiger partial charge < -0.3 is 10.1 Å². The summed E-state index contributed by atoms with van der Waals surface area (Å²) in [6.45, 7) is 0. The second-order valence-corrected chi connectivity index (χ2v) is 5.30. The van der Waals surface area contributed by atoms with E-state index in [2.05, 4.69) is 51.9 Å². The fourth-order valence-corrected chi connectivity index (χ4v) is 2.00. The van der Waals surface area contributed by atoms with Gasteiger partial charge in [-0.1, -0.05) is 15.9 Å². The highest BCUT2D eigenvalue weighted by Gasteiger charge is 2.32. The minimum absolute atomic E-state index is 0.130. The Morgan fingerprint density at radius 1 is 1.20 bits per heavy atom. The summed E-state index contributed by atoms with van der Waals surface area (Å²) in [7, 11) is 0. The van der Waals surface area contributed by atoms with Crippen LogP contribution in [0.3, 0.4) is 0 Å². The van der Waals surface area contributed by atoms with Gasteiger partial charge in [0.25, 0.3) is 0 Å². The summed E-state index contributed by atoms with van der Waals surface area (Å²) in [5.74, 6) is -0.0354. The van der Waals surface area contributed by atoms with Crippen molar-refractivity contribution in [2.45, 2.75) is 6.36 Å². The van der Waals surface area contributed by atoms with Crippen LogP contribution in [-0.2, 0) is 0 Å². The third-order valence-electron chi connectivity index (χ3n) is 2.09. The highest BCUT2D eigenvalue weighted by molar-refractivity contribution is 9.10. The molecule has 1 aromatic carbocycles. The van der Waals surface area contributed by atoms with Crippen LogP contribution in [0.15, 0.2) is 39.7 Å². The van der Waals surface area contributed by atoms with Crippen LogP contribution in [0.4, 0.5) is 24.7 Å². The first-order valence-electron chi connectivity index (χ1n) is 5.13. The summed E-state index contributed by atoms with van der Waals surface area (Å²) in [5, 5.41) is 2.75. The first kappa shape index (κ1) is 15.0. The minimum atomic E-state index is -4.78. The number of anilines is 2. The Labute approximate surface area is 128 Å². The van der Waals surface area contributed by atoms with E-state index < -0.39 is 6.36 Å². The lowest BCUT2D eigenvalue weighted by Gasteiger charge is -2.15. The number of hydrogen-bond acceptors (Lipinski definition) is 4. The zero-order valence-corrected chi connectivity index (χ0v) is 12.8. The maximum Gasteiger partial charge on any atom is 0.573 e. The molecule has 0 atom stereocenters. The second-order valence-electron chi connectivity index (χ2n) is 3.53. The van der Waals surface area contributed by atoms with E-state index in [0.29, 0.717) is 14.8 Å². The van der Waals surface area contributed by atoms with Crippen molar-refractivity contribution in [3.05, 3.63) is 39.7 Å². The average Bonchev–Trinajstić information content (AvgIpc) is 2.33. The molecule has 0 saturated carbocycles. The van der Waals surface area contributed by atoms with Crippen LogP contribution in [0.5, 0.6) is 5.75 Å². The van der Waals surface area contributed by atoms with Crippen molar-refractivity contribution in [2.24, 2.45) is 0 Å². The summed E-state index contributed by atoms with van der Waals surface area (Å²) in [5.41, 5.74) is 0.130. The molecule has 0 bridgehead atoms. The first-order valence-corrected chi connectivity index (χ1v) is 6.71. The molecule has 106 valence electrons. The summed E-state index contributed by atoms with van der Waals surface area (Å²) >= 11 is 6.29. The molecular weight excluding hydrogens is 407 g/mol. The standard InChI is InChI=1S/C11H6Br2F3N3O/c12-6-1-2-8(9(3-6)20-11(14,15)16)19-10-7(13)4-17-5-18-10/h1-5H,(H,17,18,19). The van der Waals surface area contributed by atoms with Crippen molar-refractivity contribution in [1.29, 1.82) is 0 Å². The third-order valence-corrected chi connectivity index (χ3v) is 3.16. The molecule has 0 aliphatic heterocycles. The number of hydrogen-bond donors (Lipinski definition) is 1. The molecule has 0 aliphatic carbocycles. The molecule has 1 heterocycles. The maximum atomic E-state index is 12.4. The molecule has 9 heteroatoms. The summed E-state index contributed by atoms with van der Waals surface area (Å²) in [6.07, 6.45) is -2.03. The number of halogens is 5. The van der Waals surface area contributed by atoms with E-state index in [9.17, 15) is 13.2 Å². The smallest absolute Gasteiger partial charge is 0.404 e. The van der Waals surface area contributed by atoms with Gasteiger partial charge in [0.05, 0.1) is 10.2 Å². The van der Waals surface area contributed by atoms with Crippen LogP contribution >= 0.6 is 31.9 Å². The van der Waals surface area contributed by atoms with E-state index in [1.54, 1.807) is 6.07 Å². The molecule has 20 heavy (non-hydrogen) atoms. The van der Waals surface area contributed by atoms with Crippen molar-refractivity contribution in [3.8, 4) is 5.75 Å². The van der Waals surface area contributed by atoms with Gasteiger partial charge in [0.2, 0.25) is 0 Å². The lowest BCUT2D eigenvalue weighted by atomic mass is 10.3. The van der Waals surface area contributed by atoms with Gasteiger partial charge in [-0.05, 0) is 34.1 Å². The summed E-state index contributed by atoms with van der Waals surface area (Å²) in [4.78, 5) is 7.68. The Bertz CT molecular complexity index is 622. The van der Waals surface area contributed by atoms with Gasteiger partial charge in [-0.15, -0.1) is 13.2 Å². The third kappa shape index (κ3) is 4.07. The van der Waals surface area contributed by atoms with Crippen molar-refractivity contribution >= 4 is 43.4 Å². The topological polar surface area (TPSA) is 47.0 Å². The Morgan fingerprint density at radius 3 is 2.60 bits per heavy atom. The van der Waals surface area contributed by atoms with E-state index in [-0.39, 0.29) is 11.4 Å². The fraction of sp³-hybridized carbons (Fsp3) is 0.0909. The van der Waals surface area contributed by atoms with E-state index in [1.807, 2.05) is 0 Å². The van der Waals surface area contributed by atoms with E-state index in [4.69, 9.17) is 0 Å². The molecule has 0 radical (unpaired) electrons. The number of alkyl halides is 3. The van der Waals surface area contributed by atoms with Crippen LogP contribution in [-0.4, -0.2) is 16.3 Å². The molecule has 1 aromatic heterocycles. The molecule has 0 unspecified atom stereocenters. The SMILES string of the molecule is FC(F)(F)Oc1cc(Br)ccc1Nc1ncncc1Br. The molecule has 1 N–H and O–H groups in total. The molecule has 4 nitrogen and oxygen atoms in total. The highest BCUT2D eigenvalue weighted by Crippen LogP contribution is 2.35. The zero-order valence-electron chi connectivity index (χ0n) is 9.58. The van der Waals surface area contributed by atoms with E-state index in [0.717, 1.165) is 0 Å². The summed E-state index contributed by atoms with van der Waals surface area (Å²) in [6, 6.07) is 4.24. The van der Waals surface area contributed by atoms with Crippen molar-refractivity contribution in [2.75, 3.05) is 5.32 Å². The Balaban J connectivity index is 2.34. The van der Waals surface area contributed by atoms with Crippen LogP contribution in [0.1, 0.15) is 0 Å². The van der Waals surface area contributed by atoms with E-state index >= 15 is 0 Å². The molecule has 2 aromatic rings. The predicted octanol–water partition coefficient (Wildman–Crippen LogP) is 4.64. The summed E-state index contributed by atoms with van der Waals surface area (Å²) < 4.78 is 42.1. The normalized spacial score (nSPS) is 11.2. The zero-order chi connectivity index (χ0) is 14.8. The largest absolute Gasteiger partial charge is 0.573 e. The van der Waals surface area contributed by atoms with E-state index in [1.165, 1.54) is 24.7 Å². The number of benzene rings is 1. The molecule has 0 amide bonds. The van der Waals surface area contributed by atoms with Crippen LogP contribution in [0.2, 0.25) is 0 Å². The van der Waals surface area contributed by atoms with Gasteiger partial charge in [-0.3, -0.25) is 0 Å². The quantitative estimate of drug-likeness (QED) is 0.797.